The lowest BCUT2D eigenvalue weighted by molar-refractivity contribution is 0.0693. The first-order valence-electron chi connectivity index (χ1n) is 5.98. The summed E-state index contributed by atoms with van der Waals surface area (Å²) in [6, 6.07) is 7.29. The number of benzene rings is 2. The summed E-state index contributed by atoms with van der Waals surface area (Å²) in [4.78, 5) is 11.0. The second kappa shape index (κ2) is 6.21. The lowest BCUT2D eigenvalue weighted by atomic mass is 10.1. The van der Waals surface area contributed by atoms with Gasteiger partial charge in [0.25, 0.3) is 0 Å². The van der Waals surface area contributed by atoms with Crippen LogP contribution in [0.4, 0.5) is 8.78 Å². The summed E-state index contributed by atoms with van der Waals surface area (Å²) in [5.74, 6) is -2.33. The molecule has 0 bridgehead atoms. The van der Waals surface area contributed by atoms with Crippen LogP contribution in [-0.2, 0) is 6.61 Å². The second-order valence-corrected chi connectivity index (χ2v) is 4.23. The molecule has 0 spiro atoms. The Hall–Kier alpha value is -2.63. The highest BCUT2D eigenvalue weighted by molar-refractivity contribution is 5.90. The fourth-order valence-corrected chi connectivity index (χ4v) is 1.78. The molecule has 0 aliphatic rings. The Morgan fingerprint density at radius 3 is 2.38 bits per heavy atom. The summed E-state index contributed by atoms with van der Waals surface area (Å²) in [6.07, 6.45) is 0. The van der Waals surface area contributed by atoms with Gasteiger partial charge < -0.3 is 14.6 Å². The maximum absolute atomic E-state index is 13.0. The minimum Gasteiger partial charge on any atom is -0.496 e. The molecule has 0 heterocycles. The third-order valence-corrected chi connectivity index (χ3v) is 2.74. The molecule has 0 aliphatic carbocycles. The van der Waals surface area contributed by atoms with Gasteiger partial charge in [0, 0.05) is 18.2 Å². The van der Waals surface area contributed by atoms with Crippen molar-refractivity contribution in [3.05, 3.63) is 59.2 Å². The molecule has 2 aromatic rings. The van der Waals surface area contributed by atoms with E-state index in [1.165, 1.54) is 19.2 Å². The Morgan fingerprint density at radius 1 is 1.14 bits per heavy atom. The van der Waals surface area contributed by atoms with Crippen LogP contribution in [0.25, 0.3) is 0 Å². The van der Waals surface area contributed by atoms with Gasteiger partial charge in [0.05, 0.1) is 7.11 Å². The van der Waals surface area contributed by atoms with Crippen LogP contribution in [0.15, 0.2) is 36.4 Å². The van der Waals surface area contributed by atoms with Gasteiger partial charge in [0.1, 0.15) is 35.3 Å². The lowest BCUT2D eigenvalue weighted by Crippen LogP contribution is -2.03. The standard InChI is InChI=1S/C15H12F2O4/c1-20-14-4-9(2-3-13(14)15(18)19)8-21-12-6-10(16)5-11(17)7-12/h2-7H,8H2,1H3,(H,18,19). The molecule has 21 heavy (non-hydrogen) atoms. The van der Waals surface area contributed by atoms with E-state index in [1.807, 2.05) is 0 Å². The number of hydrogen-bond acceptors (Lipinski definition) is 3. The molecular formula is C15H12F2O4. The van der Waals surface area contributed by atoms with Gasteiger partial charge in [0.15, 0.2) is 0 Å². The minimum absolute atomic E-state index is 0.0260. The van der Waals surface area contributed by atoms with E-state index in [0.717, 1.165) is 18.2 Å². The van der Waals surface area contributed by atoms with Gasteiger partial charge in [-0.1, -0.05) is 6.07 Å². The van der Waals surface area contributed by atoms with Crippen molar-refractivity contribution in [2.45, 2.75) is 6.61 Å². The molecule has 2 rings (SSSR count). The first-order chi connectivity index (χ1) is 9.99. The molecular weight excluding hydrogens is 282 g/mol. The molecule has 2 aromatic carbocycles. The summed E-state index contributed by atoms with van der Waals surface area (Å²) in [7, 11) is 1.36. The molecule has 0 aliphatic heterocycles. The average Bonchev–Trinajstić information content (AvgIpc) is 2.43. The van der Waals surface area contributed by atoms with E-state index >= 15 is 0 Å². The van der Waals surface area contributed by atoms with Crippen LogP contribution in [0, 0.1) is 11.6 Å². The van der Waals surface area contributed by atoms with Crippen LogP contribution in [0.5, 0.6) is 11.5 Å². The number of halogens is 2. The Bertz CT molecular complexity index is 650. The van der Waals surface area contributed by atoms with Crippen molar-refractivity contribution in [1.29, 1.82) is 0 Å². The summed E-state index contributed by atoms with van der Waals surface area (Å²) in [5.41, 5.74) is 0.638. The molecule has 0 atom stereocenters. The van der Waals surface area contributed by atoms with Crippen molar-refractivity contribution in [1.82, 2.24) is 0 Å². The summed E-state index contributed by atoms with van der Waals surface area (Å²) in [5, 5.41) is 8.96. The molecule has 6 heteroatoms. The Labute approximate surface area is 119 Å². The number of hydrogen-bond donors (Lipinski definition) is 1. The second-order valence-electron chi connectivity index (χ2n) is 4.23. The van der Waals surface area contributed by atoms with Crippen molar-refractivity contribution < 1.29 is 28.2 Å². The fraction of sp³-hybridized carbons (Fsp3) is 0.133. The fourth-order valence-electron chi connectivity index (χ4n) is 1.78. The van der Waals surface area contributed by atoms with Crippen molar-refractivity contribution in [2.75, 3.05) is 7.11 Å². The third-order valence-electron chi connectivity index (χ3n) is 2.74. The van der Waals surface area contributed by atoms with Crippen molar-refractivity contribution in [2.24, 2.45) is 0 Å². The molecule has 0 radical (unpaired) electrons. The predicted octanol–water partition coefficient (Wildman–Crippen LogP) is 3.25. The molecule has 0 saturated carbocycles. The zero-order chi connectivity index (χ0) is 15.4. The van der Waals surface area contributed by atoms with Crippen LogP contribution in [0.2, 0.25) is 0 Å². The van der Waals surface area contributed by atoms with Crippen molar-refractivity contribution >= 4 is 5.97 Å². The van der Waals surface area contributed by atoms with Gasteiger partial charge in [-0.3, -0.25) is 0 Å². The highest BCUT2D eigenvalue weighted by Gasteiger charge is 2.11. The number of carbonyl (C=O) groups is 1. The van der Waals surface area contributed by atoms with Gasteiger partial charge in [0.2, 0.25) is 0 Å². The third kappa shape index (κ3) is 3.68. The van der Waals surface area contributed by atoms with E-state index in [0.29, 0.717) is 5.56 Å². The van der Waals surface area contributed by atoms with Crippen LogP contribution in [0.3, 0.4) is 0 Å². The van der Waals surface area contributed by atoms with Crippen LogP contribution >= 0.6 is 0 Å². The summed E-state index contributed by atoms with van der Waals surface area (Å²) >= 11 is 0. The van der Waals surface area contributed by atoms with Gasteiger partial charge >= 0.3 is 5.97 Å². The number of aromatic carboxylic acids is 1. The van der Waals surface area contributed by atoms with Gasteiger partial charge in [-0.2, -0.15) is 0 Å². The predicted molar refractivity (Wildman–Crippen MR) is 70.6 cm³/mol. The minimum atomic E-state index is -1.11. The Balaban J connectivity index is 2.14. The molecule has 0 amide bonds. The van der Waals surface area contributed by atoms with E-state index in [4.69, 9.17) is 14.6 Å². The van der Waals surface area contributed by atoms with Gasteiger partial charge in [-0.15, -0.1) is 0 Å². The highest BCUT2D eigenvalue weighted by atomic mass is 19.1. The SMILES string of the molecule is COc1cc(COc2cc(F)cc(F)c2)ccc1C(=O)O. The Kier molecular flexibility index (Phi) is 4.37. The molecule has 0 fully saturated rings. The largest absolute Gasteiger partial charge is 0.496 e. The van der Waals surface area contributed by atoms with E-state index in [-0.39, 0.29) is 23.7 Å². The maximum Gasteiger partial charge on any atom is 0.339 e. The number of carboxylic acids is 1. The summed E-state index contributed by atoms with van der Waals surface area (Å²) in [6.45, 7) is 0.0269. The van der Waals surface area contributed by atoms with Crippen molar-refractivity contribution in [3.63, 3.8) is 0 Å². The first kappa shape index (κ1) is 14.8. The maximum atomic E-state index is 13.0. The zero-order valence-corrected chi connectivity index (χ0v) is 11.1. The number of carboxylic acid groups (broad SMARTS) is 1. The average molecular weight is 294 g/mol. The molecule has 0 aromatic heterocycles. The topological polar surface area (TPSA) is 55.8 Å². The van der Waals surface area contributed by atoms with Gasteiger partial charge in [-0.05, 0) is 17.7 Å². The zero-order valence-electron chi connectivity index (χ0n) is 11.1. The molecule has 1 N–H and O–H groups in total. The van der Waals surface area contributed by atoms with Crippen molar-refractivity contribution in [3.8, 4) is 11.5 Å². The quantitative estimate of drug-likeness (QED) is 0.919. The van der Waals surface area contributed by atoms with E-state index < -0.39 is 17.6 Å². The number of methoxy groups -OCH3 is 1. The molecule has 0 unspecified atom stereocenters. The smallest absolute Gasteiger partial charge is 0.339 e. The van der Waals surface area contributed by atoms with E-state index in [9.17, 15) is 13.6 Å². The normalized spacial score (nSPS) is 10.2. The van der Waals surface area contributed by atoms with Crippen LogP contribution < -0.4 is 9.47 Å². The van der Waals surface area contributed by atoms with Crippen LogP contribution in [-0.4, -0.2) is 18.2 Å². The van der Waals surface area contributed by atoms with Crippen LogP contribution in [0.1, 0.15) is 15.9 Å². The molecule has 4 nitrogen and oxygen atoms in total. The molecule has 110 valence electrons. The Morgan fingerprint density at radius 2 is 1.81 bits per heavy atom. The monoisotopic (exact) mass is 294 g/mol. The van der Waals surface area contributed by atoms with Gasteiger partial charge in [-0.25, -0.2) is 13.6 Å². The van der Waals surface area contributed by atoms with E-state index in [2.05, 4.69) is 0 Å². The lowest BCUT2D eigenvalue weighted by Gasteiger charge is -2.10. The van der Waals surface area contributed by atoms with E-state index in [1.54, 1.807) is 6.07 Å². The first-order valence-corrected chi connectivity index (χ1v) is 5.98. The highest BCUT2D eigenvalue weighted by Crippen LogP contribution is 2.22. The summed E-state index contributed by atoms with van der Waals surface area (Å²) < 4.78 is 36.3. The molecule has 0 saturated heterocycles. The number of ether oxygens (including phenoxy) is 2. The number of rotatable bonds is 5.